The molecule has 0 bridgehead atoms. The lowest BCUT2D eigenvalue weighted by atomic mass is 9.98. The van der Waals surface area contributed by atoms with E-state index >= 15 is 0 Å². The van der Waals surface area contributed by atoms with Gasteiger partial charge >= 0.3 is 6.03 Å². The van der Waals surface area contributed by atoms with Crippen LogP contribution in [0, 0.1) is 6.92 Å². The van der Waals surface area contributed by atoms with Gasteiger partial charge in [0.05, 0.1) is 18.8 Å². The van der Waals surface area contributed by atoms with E-state index in [0.717, 1.165) is 24.2 Å². The normalized spacial score (nSPS) is 14.9. The maximum atomic E-state index is 13.6. The Morgan fingerprint density at radius 1 is 1.06 bits per heavy atom. The number of amides is 3. The van der Waals surface area contributed by atoms with E-state index in [2.05, 4.69) is 53.3 Å². The number of aryl methyl sites for hydroxylation is 1. The molecule has 34 heavy (non-hydrogen) atoms. The number of carbonyl (C=O) groups is 2. The number of hydrogen-bond acceptors (Lipinski definition) is 3. The van der Waals surface area contributed by atoms with Crippen LogP contribution in [0.2, 0.25) is 0 Å². The Morgan fingerprint density at radius 2 is 1.82 bits per heavy atom. The van der Waals surface area contributed by atoms with Gasteiger partial charge in [0.2, 0.25) is 5.91 Å². The second kappa shape index (κ2) is 10.5. The van der Waals surface area contributed by atoms with E-state index < -0.39 is 0 Å². The number of nitrogens with zero attached hydrogens (tertiary/aromatic N) is 3. The van der Waals surface area contributed by atoms with Crippen molar-refractivity contribution < 1.29 is 14.3 Å². The summed E-state index contributed by atoms with van der Waals surface area (Å²) < 4.78 is 7.55. The zero-order valence-corrected chi connectivity index (χ0v) is 20.0. The van der Waals surface area contributed by atoms with E-state index in [1.54, 1.807) is 24.1 Å². The molecule has 1 aromatic heterocycles. The highest BCUT2D eigenvalue weighted by Crippen LogP contribution is 2.33. The van der Waals surface area contributed by atoms with Crippen molar-refractivity contribution in [3.63, 3.8) is 0 Å². The highest BCUT2D eigenvalue weighted by molar-refractivity contribution is 5.93. The first kappa shape index (κ1) is 23.4. The van der Waals surface area contributed by atoms with E-state index in [1.165, 1.54) is 5.56 Å². The Morgan fingerprint density at radius 3 is 2.56 bits per heavy atom. The second-order valence-electron chi connectivity index (χ2n) is 8.58. The Bertz CT molecular complexity index is 1140. The van der Waals surface area contributed by atoms with Crippen LogP contribution in [0.1, 0.15) is 36.2 Å². The van der Waals surface area contributed by atoms with Crippen LogP contribution in [0.25, 0.3) is 0 Å². The summed E-state index contributed by atoms with van der Waals surface area (Å²) in [4.78, 5) is 30.2. The molecule has 7 nitrogen and oxygen atoms in total. The standard InChI is InChI=1S/C27H32N4O3/c1-4-15-30(27(33)28-22-8-5-6-10-24(22)34-3)19-25(32)31-18-17-29-16-7-9-23(29)26(31)21-13-11-20(2)12-14-21/h5-14,16,26H,4,15,17-19H2,1-3H3,(H,28,33). The molecule has 3 aromatic rings. The average Bonchev–Trinajstić information content (AvgIpc) is 3.33. The van der Waals surface area contributed by atoms with Crippen LogP contribution in [-0.2, 0) is 11.3 Å². The number of para-hydroxylation sites is 2. The summed E-state index contributed by atoms with van der Waals surface area (Å²) in [6.45, 7) is 5.87. The maximum Gasteiger partial charge on any atom is 0.322 e. The number of aromatic nitrogens is 1. The topological polar surface area (TPSA) is 66.8 Å². The Kier molecular flexibility index (Phi) is 7.21. The van der Waals surface area contributed by atoms with Crippen LogP contribution in [0.15, 0.2) is 66.9 Å². The van der Waals surface area contributed by atoms with Gasteiger partial charge in [0.15, 0.2) is 0 Å². The molecule has 178 valence electrons. The fourth-order valence-corrected chi connectivity index (χ4v) is 4.47. The number of nitrogens with one attached hydrogen (secondary N) is 1. The number of rotatable bonds is 7. The Hall–Kier alpha value is -3.74. The van der Waals surface area contributed by atoms with Crippen LogP contribution < -0.4 is 10.1 Å². The molecule has 0 saturated heterocycles. The summed E-state index contributed by atoms with van der Waals surface area (Å²) >= 11 is 0. The zero-order chi connectivity index (χ0) is 24.1. The summed E-state index contributed by atoms with van der Waals surface area (Å²) in [7, 11) is 1.57. The molecular formula is C27H32N4O3. The molecular weight excluding hydrogens is 428 g/mol. The molecule has 0 radical (unpaired) electrons. The van der Waals surface area contributed by atoms with Gasteiger partial charge in [-0.3, -0.25) is 4.79 Å². The SMILES string of the molecule is CCCN(CC(=O)N1CCn2cccc2C1c1ccc(C)cc1)C(=O)Nc1ccccc1OC. The minimum atomic E-state index is -0.313. The molecule has 0 aliphatic carbocycles. The third kappa shape index (κ3) is 4.93. The third-order valence-electron chi connectivity index (χ3n) is 6.21. The largest absolute Gasteiger partial charge is 0.495 e. The molecule has 1 atom stereocenters. The summed E-state index contributed by atoms with van der Waals surface area (Å²) in [6.07, 6.45) is 2.80. The van der Waals surface area contributed by atoms with E-state index in [1.807, 2.05) is 30.0 Å². The van der Waals surface area contributed by atoms with Crippen molar-refractivity contribution in [1.82, 2.24) is 14.4 Å². The number of urea groups is 1. The predicted molar refractivity (Wildman–Crippen MR) is 133 cm³/mol. The van der Waals surface area contributed by atoms with Gasteiger partial charge in [-0.15, -0.1) is 0 Å². The van der Waals surface area contributed by atoms with Crippen molar-refractivity contribution in [2.24, 2.45) is 0 Å². The van der Waals surface area contributed by atoms with Gasteiger partial charge in [-0.1, -0.05) is 48.9 Å². The molecule has 1 aliphatic rings. The average molecular weight is 461 g/mol. The van der Waals surface area contributed by atoms with Crippen LogP contribution in [0.5, 0.6) is 5.75 Å². The van der Waals surface area contributed by atoms with E-state index in [9.17, 15) is 9.59 Å². The van der Waals surface area contributed by atoms with Crippen LogP contribution in [-0.4, -0.2) is 53.0 Å². The smallest absolute Gasteiger partial charge is 0.322 e. The lowest BCUT2D eigenvalue weighted by Crippen LogP contribution is -2.48. The zero-order valence-electron chi connectivity index (χ0n) is 20.0. The lowest BCUT2D eigenvalue weighted by molar-refractivity contribution is -0.134. The van der Waals surface area contributed by atoms with Gasteiger partial charge in [-0.2, -0.15) is 0 Å². The summed E-state index contributed by atoms with van der Waals surface area (Å²) in [5.41, 5.74) is 3.91. The summed E-state index contributed by atoms with van der Waals surface area (Å²) in [5, 5.41) is 2.90. The molecule has 3 amide bonds. The van der Waals surface area contributed by atoms with Crippen molar-refractivity contribution in [1.29, 1.82) is 0 Å². The van der Waals surface area contributed by atoms with Crippen LogP contribution >= 0.6 is 0 Å². The molecule has 0 fully saturated rings. The fourth-order valence-electron chi connectivity index (χ4n) is 4.47. The second-order valence-corrected chi connectivity index (χ2v) is 8.58. The van der Waals surface area contributed by atoms with Crippen molar-refractivity contribution >= 4 is 17.6 Å². The first-order chi connectivity index (χ1) is 16.5. The number of fused-ring (bicyclic) bond motifs is 1. The van der Waals surface area contributed by atoms with E-state index in [-0.39, 0.29) is 24.5 Å². The van der Waals surface area contributed by atoms with Gasteiger partial charge < -0.3 is 24.4 Å². The molecule has 4 rings (SSSR count). The number of ether oxygens (including phenoxy) is 1. The number of anilines is 1. The maximum absolute atomic E-state index is 13.6. The third-order valence-corrected chi connectivity index (χ3v) is 6.21. The lowest BCUT2D eigenvalue weighted by Gasteiger charge is -2.38. The van der Waals surface area contributed by atoms with Crippen molar-refractivity contribution in [2.75, 3.05) is 32.1 Å². The monoisotopic (exact) mass is 460 g/mol. The molecule has 0 saturated carbocycles. The van der Waals surface area contributed by atoms with Crippen molar-refractivity contribution in [3.05, 3.63) is 83.7 Å². The first-order valence-corrected chi connectivity index (χ1v) is 11.7. The van der Waals surface area contributed by atoms with Gasteiger partial charge in [0.1, 0.15) is 12.3 Å². The van der Waals surface area contributed by atoms with Gasteiger partial charge in [-0.25, -0.2) is 4.79 Å². The summed E-state index contributed by atoms with van der Waals surface area (Å²) in [6, 6.07) is 19.2. The fraction of sp³-hybridized carbons (Fsp3) is 0.333. The quantitative estimate of drug-likeness (QED) is 0.557. The molecule has 1 N–H and O–H groups in total. The summed E-state index contributed by atoms with van der Waals surface area (Å²) in [5.74, 6) is 0.511. The Labute approximate surface area is 200 Å². The van der Waals surface area contributed by atoms with E-state index in [0.29, 0.717) is 24.5 Å². The number of carbonyl (C=O) groups excluding carboxylic acids is 2. The molecule has 7 heteroatoms. The predicted octanol–water partition coefficient (Wildman–Crippen LogP) is 4.68. The van der Waals surface area contributed by atoms with Crippen molar-refractivity contribution in [3.8, 4) is 5.75 Å². The van der Waals surface area contributed by atoms with E-state index in [4.69, 9.17) is 4.74 Å². The Balaban J connectivity index is 1.55. The number of hydrogen-bond donors (Lipinski definition) is 1. The highest BCUT2D eigenvalue weighted by atomic mass is 16.5. The molecule has 1 unspecified atom stereocenters. The minimum absolute atomic E-state index is 0.0118. The number of benzene rings is 2. The van der Waals surface area contributed by atoms with Gasteiger partial charge in [-0.05, 0) is 43.2 Å². The first-order valence-electron chi connectivity index (χ1n) is 11.7. The van der Waals surface area contributed by atoms with Gasteiger partial charge in [0.25, 0.3) is 0 Å². The van der Waals surface area contributed by atoms with Gasteiger partial charge in [0, 0.05) is 31.5 Å². The van der Waals surface area contributed by atoms with Crippen molar-refractivity contribution in [2.45, 2.75) is 32.9 Å². The minimum Gasteiger partial charge on any atom is -0.495 e. The highest BCUT2D eigenvalue weighted by Gasteiger charge is 2.33. The van der Waals surface area contributed by atoms with Crippen LogP contribution in [0.4, 0.5) is 10.5 Å². The van der Waals surface area contributed by atoms with Crippen LogP contribution in [0.3, 0.4) is 0 Å². The number of methoxy groups -OCH3 is 1. The molecule has 2 heterocycles. The molecule has 2 aromatic carbocycles. The molecule has 1 aliphatic heterocycles. The molecule has 0 spiro atoms.